The lowest BCUT2D eigenvalue weighted by molar-refractivity contribution is -0.683. The molecule has 35 heavy (non-hydrogen) atoms. The molecule has 0 saturated carbocycles. The number of carbonyl (C=O) groups excluding carboxylic acids is 4. The molecule has 3 rings (SSSR count). The Balaban J connectivity index is 1.58. The van der Waals surface area contributed by atoms with Crippen molar-refractivity contribution in [2.75, 3.05) is 21.3 Å². The molecular weight excluding hydrogens is 456 g/mol. The summed E-state index contributed by atoms with van der Waals surface area (Å²) in [6, 6.07) is 9.15. The van der Waals surface area contributed by atoms with Crippen LogP contribution in [0.3, 0.4) is 0 Å². The molecule has 2 aromatic carbocycles. The van der Waals surface area contributed by atoms with E-state index < -0.39 is 11.8 Å². The number of carbonyl (C=O) groups is 4. The molecule has 0 atom stereocenters. The summed E-state index contributed by atoms with van der Waals surface area (Å²) >= 11 is 0. The standard InChI is InChI=1S/C23H24N6O6/c1-14(30)24-16-5-3-7-18(22(16)34)26-20(32)11-28-9-10-29(13-28)12-21(33)27-19-8-4-6-17(23(19)35)25-15(2)31/h3-10,13H,11-12H2,1-2H3,(H5-,24,25,26,27,30,31,32,33,34,35)/p+1. The fourth-order valence-electron chi connectivity index (χ4n) is 3.21. The summed E-state index contributed by atoms with van der Waals surface area (Å²) in [5.41, 5.74) is 0.631. The van der Waals surface area contributed by atoms with E-state index in [1.165, 1.54) is 47.2 Å². The summed E-state index contributed by atoms with van der Waals surface area (Å²) in [7, 11) is 0. The first-order valence-electron chi connectivity index (χ1n) is 10.5. The summed E-state index contributed by atoms with van der Waals surface area (Å²) < 4.78 is 3.07. The largest absolute Gasteiger partial charge is 0.504 e. The van der Waals surface area contributed by atoms with E-state index >= 15 is 0 Å². The van der Waals surface area contributed by atoms with Gasteiger partial charge in [-0.2, -0.15) is 0 Å². The third-order valence-corrected chi connectivity index (χ3v) is 4.64. The molecule has 0 bridgehead atoms. The predicted molar refractivity (Wildman–Crippen MR) is 127 cm³/mol. The van der Waals surface area contributed by atoms with Crippen LogP contribution in [0.2, 0.25) is 0 Å². The minimum Gasteiger partial charge on any atom is -0.504 e. The molecule has 3 aromatic rings. The number of hydrogen-bond donors (Lipinski definition) is 6. The highest BCUT2D eigenvalue weighted by molar-refractivity contribution is 5.97. The first-order chi connectivity index (χ1) is 16.6. The molecule has 6 N–H and O–H groups in total. The molecule has 0 unspecified atom stereocenters. The molecule has 12 heteroatoms. The van der Waals surface area contributed by atoms with Gasteiger partial charge in [0.15, 0.2) is 24.6 Å². The van der Waals surface area contributed by atoms with Gasteiger partial charge in [0, 0.05) is 13.8 Å². The molecule has 0 spiro atoms. The van der Waals surface area contributed by atoms with Crippen molar-refractivity contribution in [2.24, 2.45) is 0 Å². The quantitative estimate of drug-likeness (QED) is 0.210. The van der Waals surface area contributed by atoms with Gasteiger partial charge in [-0.15, -0.1) is 0 Å². The van der Waals surface area contributed by atoms with E-state index in [0.717, 1.165) is 0 Å². The normalized spacial score (nSPS) is 10.3. The van der Waals surface area contributed by atoms with Crippen LogP contribution < -0.4 is 25.8 Å². The Morgan fingerprint density at radius 1 is 0.771 bits per heavy atom. The number of phenols is 2. The molecule has 0 aliphatic carbocycles. The van der Waals surface area contributed by atoms with Gasteiger partial charge in [-0.3, -0.25) is 19.2 Å². The Morgan fingerprint density at radius 2 is 1.23 bits per heavy atom. The van der Waals surface area contributed by atoms with Crippen LogP contribution in [0.4, 0.5) is 22.7 Å². The fourth-order valence-corrected chi connectivity index (χ4v) is 3.21. The van der Waals surface area contributed by atoms with Crippen molar-refractivity contribution in [1.29, 1.82) is 0 Å². The van der Waals surface area contributed by atoms with Gasteiger partial charge >= 0.3 is 0 Å². The number of nitrogens with one attached hydrogen (secondary N) is 4. The van der Waals surface area contributed by atoms with Crippen LogP contribution in [0.15, 0.2) is 55.1 Å². The average molecular weight is 481 g/mol. The van der Waals surface area contributed by atoms with Gasteiger partial charge in [-0.25, -0.2) is 9.13 Å². The van der Waals surface area contributed by atoms with E-state index in [1.54, 1.807) is 30.9 Å². The number of phenolic OH excluding ortho intramolecular Hbond substituents is 2. The highest BCUT2D eigenvalue weighted by Crippen LogP contribution is 2.32. The molecule has 0 aliphatic heterocycles. The van der Waals surface area contributed by atoms with Gasteiger partial charge in [0.25, 0.3) is 11.8 Å². The van der Waals surface area contributed by atoms with Crippen LogP contribution in [0.25, 0.3) is 0 Å². The number of amides is 4. The molecular formula is C23H25N6O6+. The summed E-state index contributed by atoms with van der Waals surface area (Å²) in [5.74, 6) is -2.12. The van der Waals surface area contributed by atoms with Crippen LogP contribution in [0, 0.1) is 0 Å². The van der Waals surface area contributed by atoms with Crippen LogP contribution >= 0.6 is 0 Å². The Labute approximate surface area is 200 Å². The summed E-state index contributed by atoms with van der Waals surface area (Å²) in [5, 5.41) is 30.6. The van der Waals surface area contributed by atoms with Gasteiger partial charge < -0.3 is 31.5 Å². The highest BCUT2D eigenvalue weighted by Gasteiger charge is 2.16. The molecule has 0 radical (unpaired) electrons. The molecule has 1 aromatic heterocycles. The highest BCUT2D eigenvalue weighted by atomic mass is 16.3. The van der Waals surface area contributed by atoms with Crippen LogP contribution in [0.5, 0.6) is 11.5 Å². The molecule has 0 aliphatic rings. The Bertz CT molecular complexity index is 1190. The molecule has 182 valence electrons. The van der Waals surface area contributed by atoms with E-state index in [4.69, 9.17) is 0 Å². The first kappa shape index (κ1) is 24.8. The van der Waals surface area contributed by atoms with Gasteiger partial charge in [0.1, 0.15) is 12.4 Å². The zero-order valence-corrected chi connectivity index (χ0v) is 19.0. The van der Waals surface area contributed by atoms with Crippen molar-refractivity contribution < 1.29 is 34.0 Å². The molecule has 4 amide bonds. The summed E-state index contributed by atoms with van der Waals surface area (Å²) in [6.45, 7) is 2.41. The van der Waals surface area contributed by atoms with E-state index in [2.05, 4.69) is 21.3 Å². The molecule has 0 fully saturated rings. The maximum absolute atomic E-state index is 12.4. The van der Waals surface area contributed by atoms with Crippen LogP contribution in [0.1, 0.15) is 13.8 Å². The van der Waals surface area contributed by atoms with E-state index in [0.29, 0.717) is 0 Å². The van der Waals surface area contributed by atoms with Crippen LogP contribution in [-0.2, 0) is 32.3 Å². The smallest absolute Gasteiger partial charge is 0.266 e. The van der Waals surface area contributed by atoms with Crippen molar-refractivity contribution in [3.8, 4) is 11.5 Å². The second-order valence-electron chi connectivity index (χ2n) is 7.62. The summed E-state index contributed by atoms with van der Waals surface area (Å²) in [4.78, 5) is 47.3. The second-order valence-corrected chi connectivity index (χ2v) is 7.62. The van der Waals surface area contributed by atoms with E-state index in [1.807, 2.05) is 0 Å². The van der Waals surface area contributed by atoms with Crippen molar-refractivity contribution in [2.45, 2.75) is 26.9 Å². The lowest BCUT2D eigenvalue weighted by Crippen LogP contribution is -2.38. The monoisotopic (exact) mass is 481 g/mol. The zero-order valence-electron chi connectivity index (χ0n) is 19.0. The fraction of sp³-hybridized carbons (Fsp3) is 0.174. The van der Waals surface area contributed by atoms with Crippen molar-refractivity contribution in [3.05, 3.63) is 55.1 Å². The van der Waals surface area contributed by atoms with E-state index in [9.17, 15) is 29.4 Å². The lowest BCUT2D eigenvalue weighted by Gasteiger charge is -2.10. The number of imidazole rings is 1. The predicted octanol–water partition coefficient (Wildman–Crippen LogP) is 1.38. The number of anilines is 4. The third-order valence-electron chi connectivity index (χ3n) is 4.64. The van der Waals surface area contributed by atoms with Gasteiger partial charge in [-0.1, -0.05) is 12.1 Å². The molecule has 12 nitrogen and oxygen atoms in total. The Morgan fingerprint density at radius 3 is 1.71 bits per heavy atom. The average Bonchev–Trinajstić information content (AvgIpc) is 3.19. The number of hydrogen-bond acceptors (Lipinski definition) is 6. The first-order valence-corrected chi connectivity index (χ1v) is 10.5. The van der Waals surface area contributed by atoms with Gasteiger partial charge in [0.2, 0.25) is 18.1 Å². The van der Waals surface area contributed by atoms with Crippen molar-refractivity contribution >= 4 is 46.4 Å². The Kier molecular flexibility index (Phi) is 7.66. The molecule has 1 heterocycles. The number of benzene rings is 2. The topological polar surface area (TPSA) is 166 Å². The lowest BCUT2D eigenvalue weighted by atomic mass is 10.2. The summed E-state index contributed by atoms with van der Waals surface area (Å²) in [6.07, 6.45) is 4.73. The number of rotatable bonds is 8. The second kappa shape index (κ2) is 10.8. The number of para-hydroxylation sites is 2. The number of aromatic nitrogens is 2. The zero-order chi connectivity index (χ0) is 25.5. The minimum atomic E-state index is -0.438. The number of nitrogens with zero attached hydrogens (tertiary/aromatic N) is 2. The SMILES string of the molecule is CC(=O)Nc1cccc(NC(=O)Cn2cc[n+](CC(=O)Nc3cccc(NC(C)=O)c3O)c2)c1O. The maximum atomic E-state index is 12.4. The number of aromatic hydroxyl groups is 2. The van der Waals surface area contributed by atoms with Crippen molar-refractivity contribution in [3.63, 3.8) is 0 Å². The minimum absolute atomic E-state index is 0.0992. The van der Waals surface area contributed by atoms with Crippen molar-refractivity contribution in [1.82, 2.24) is 4.57 Å². The van der Waals surface area contributed by atoms with E-state index in [-0.39, 0.29) is 59.2 Å². The van der Waals surface area contributed by atoms with Gasteiger partial charge in [0.05, 0.1) is 22.7 Å². The maximum Gasteiger partial charge on any atom is 0.266 e. The van der Waals surface area contributed by atoms with Gasteiger partial charge in [-0.05, 0) is 24.3 Å². The Hall–Kier alpha value is -4.87. The van der Waals surface area contributed by atoms with Crippen LogP contribution in [-0.4, -0.2) is 38.4 Å². The molecule has 0 saturated heterocycles. The third kappa shape index (κ3) is 6.81.